The molecule has 0 bridgehead atoms. The van der Waals surface area contributed by atoms with Gasteiger partial charge in [-0.3, -0.25) is 4.79 Å². The van der Waals surface area contributed by atoms with Gasteiger partial charge < -0.3 is 10.0 Å². The molecule has 1 amide bonds. The molecule has 1 N–H and O–H groups in total. The van der Waals surface area contributed by atoms with Gasteiger partial charge in [0.1, 0.15) is 5.75 Å². The second kappa shape index (κ2) is 6.09. The molecule has 104 valence electrons. The Morgan fingerprint density at radius 1 is 1.25 bits per heavy atom. The third-order valence-electron chi connectivity index (χ3n) is 3.10. The van der Waals surface area contributed by atoms with Crippen LogP contribution in [0.5, 0.6) is 5.75 Å². The summed E-state index contributed by atoms with van der Waals surface area (Å²) in [5, 5.41) is 9.76. The van der Waals surface area contributed by atoms with Crippen LogP contribution in [0.4, 0.5) is 0 Å². The quantitative estimate of drug-likeness (QED) is 0.929. The highest BCUT2D eigenvalue weighted by Gasteiger charge is 2.16. The number of benzene rings is 2. The fraction of sp³-hybridized carbons (Fsp3) is 0.188. The monoisotopic (exact) mass is 333 g/mol. The van der Waals surface area contributed by atoms with Crippen LogP contribution in [0.3, 0.4) is 0 Å². The predicted molar refractivity (Wildman–Crippen MR) is 82.8 cm³/mol. The fourth-order valence-electron chi connectivity index (χ4n) is 1.97. The minimum Gasteiger partial charge on any atom is -0.508 e. The largest absolute Gasteiger partial charge is 0.508 e. The highest BCUT2D eigenvalue weighted by molar-refractivity contribution is 9.10. The molecule has 0 radical (unpaired) electrons. The molecule has 0 aliphatic heterocycles. The maximum absolute atomic E-state index is 12.4. The number of aromatic hydroxyl groups is 1. The first-order valence-electron chi connectivity index (χ1n) is 6.27. The highest BCUT2D eigenvalue weighted by Crippen LogP contribution is 2.22. The molecule has 0 saturated carbocycles. The molecule has 0 atom stereocenters. The summed E-state index contributed by atoms with van der Waals surface area (Å²) in [6, 6.07) is 12.7. The SMILES string of the molecule is Cc1ccc(C(=O)N(C)Cc2ccccc2O)c(Br)c1. The summed E-state index contributed by atoms with van der Waals surface area (Å²) < 4.78 is 0.784. The van der Waals surface area contributed by atoms with E-state index >= 15 is 0 Å². The number of rotatable bonds is 3. The molecular weight excluding hydrogens is 318 g/mol. The average Bonchev–Trinajstić information content (AvgIpc) is 2.40. The molecule has 0 unspecified atom stereocenters. The van der Waals surface area contributed by atoms with E-state index in [1.807, 2.05) is 37.3 Å². The van der Waals surface area contributed by atoms with Crippen molar-refractivity contribution in [2.75, 3.05) is 7.05 Å². The van der Waals surface area contributed by atoms with Gasteiger partial charge in [-0.15, -0.1) is 0 Å². The van der Waals surface area contributed by atoms with Gasteiger partial charge in [-0.1, -0.05) is 24.3 Å². The Morgan fingerprint density at radius 2 is 1.95 bits per heavy atom. The van der Waals surface area contributed by atoms with Gasteiger partial charge >= 0.3 is 0 Å². The average molecular weight is 334 g/mol. The van der Waals surface area contributed by atoms with Crippen molar-refractivity contribution in [3.63, 3.8) is 0 Å². The minimum atomic E-state index is -0.0832. The summed E-state index contributed by atoms with van der Waals surface area (Å²) in [6.45, 7) is 2.34. The molecule has 2 aromatic carbocycles. The van der Waals surface area contributed by atoms with Gasteiger partial charge in [-0.05, 0) is 46.6 Å². The number of phenols is 1. The van der Waals surface area contributed by atoms with Crippen molar-refractivity contribution < 1.29 is 9.90 Å². The molecule has 2 rings (SSSR count). The number of hydrogen-bond donors (Lipinski definition) is 1. The van der Waals surface area contributed by atoms with E-state index < -0.39 is 0 Å². The number of carbonyl (C=O) groups excluding carboxylic acids is 1. The predicted octanol–water partition coefficient (Wildman–Crippen LogP) is 3.74. The van der Waals surface area contributed by atoms with Crippen LogP contribution in [0.25, 0.3) is 0 Å². The Morgan fingerprint density at radius 3 is 2.60 bits per heavy atom. The molecule has 0 heterocycles. The van der Waals surface area contributed by atoms with E-state index in [1.165, 1.54) is 0 Å². The number of amides is 1. The number of para-hydroxylation sites is 1. The van der Waals surface area contributed by atoms with Crippen LogP contribution < -0.4 is 0 Å². The molecule has 0 aliphatic rings. The van der Waals surface area contributed by atoms with E-state index in [1.54, 1.807) is 24.1 Å². The maximum atomic E-state index is 12.4. The Balaban J connectivity index is 2.19. The van der Waals surface area contributed by atoms with Crippen LogP contribution in [-0.4, -0.2) is 23.0 Å². The van der Waals surface area contributed by atoms with Crippen LogP contribution in [-0.2, 0) is 6.54 Å². The van der Waals surface area contributed by atoms with E-state index in [9.17, 15) is 9.90 Å². The van der Waals surface area contributed by atoms with Gasteiger partial charge in [0.15, 0.2) is 0 Å². The van der Waals surface area contributed by atoms with Gasteiger partial charge in [-0.2, -0.15) is 0 Å². The standard InChI is InChI=1S/C16H16BrNO2/c1-11-7-8-13(14(17)9-11)16(20)18(2)10-12-5-3-4-6-15(12)19/h3-9,19H,10H2,1-2H3. The van der Waals surface area contributed by atoms with E-state index in [0.717, 1.165) is 15.6 Å². The molecule has 0 aromatic heterocycles. The zero-order chi connectivity index (χ0) is 14.7. The van der Waals surface area contributed by atoms with Crippen LogP contribution in [0.1, 0.15) is 21.5 Å². The lowest BCUT2D eigenvalue weighted by Gasteiger charge is -2.19. The molecule has 0 aliphatic carbocycles. The first-order chi connectivity index (χ1) is 9.49. The summed E-state index contributed by atoms with van der Waals surface area (Å²) in [5.41, 5.74) is 2.44. The van der Waals surface area contributed by atoms with Crippen LogP contribution in [0.15, 0.2) is 46.9 Å². The lowest BCUT2D eigenvalue weighted by Crippen LogP contribution is -2.26. The van der Waals surface area contributed by atoms with Crippen molar-refractivity contribution in [2.24, 2.45) is 0 Å². The van der Waals surface area contributed by atoms with E-state index in [-0.39, 0.29) is 11.7 Å². The molecular formula is C16H16BrNO2. The topological polar surface area (TPSA) is 40.5 Å². The molecule has 0 fully saturated rings. The van der Waals surface area contributed by atoms with Gasteiger partial charge in [0.2, 0.25) is 0 Å². The van der Waals surface area contributed by atoms with E-state index in [4.69, 9.17) is 0 Å². The van der Waals surface area contributed by atoms with Crippen molar-refractivity contribution in [1.82, 2.24) is 4.90 Å². The second-order valence-electron chi connectivity index (χ2n) is 4.77. The van der Waals surface area contributed by atoms with Crippen molar-refractivity contribution in [1.29, 1.82) is 0 Å². The molecule has 0 saturated heterocycles. The van der Waals surface area contributed by atoms with Crippen molar-refractivity contribution in [2.45, 2.75) is 13.5 Å². The number of halogens is 1. The van der Waals surface area contributed by atoms with E-state index in [2.05, 4.69) is 15.9 Å². The Hall–Kier alpha value is -1.81. The Kier molecular flexibility index (Phi) is 4.45. The molecule has 2 aromatic rings. The zero-order valence-corrected chi connectivity index (χ0v) is 13.0. The highest BCUT2D eigenvalue weighted by atomic mass is 79.9. The van der Waals surface area contributed by atoms with Crippen LogP contribution >= 0.6 is 15.9 Å². The first-order valence-corrected chi connectivity index (χ1v) is 7.07. The molecule has 0 spiro atoms. The number of hydrogen-bond acceptors (Lipinski definition) is 2. The van der Waals surface area contributed by atoms with Gasteiger partial charge in [0, 0.05) is 23.6 Å². The summed E-state index contributed by atoms with van der Waals surface area (Å²) in [4.78, 5) is 14.0. The van der Waals surface area contributed by atoms with Crippen LogP contribution in [0, 0.1) is 6.92 Å². The maximum Gasteiger partial charge on any atom is 0.255 e. The Labute approximate surface area is 127 Å². The number of phenolic OH excluding ortho intramolecular Hbond substituents is 1. The number of aryl methyl sites for hydroxylation is 1. The summed E-state index contributed by atoms with van der Waals surface area (Å²) in [6.07, 6.45) is 0. The second-order valence-corrected chi connectivity index (χ2v) is 5.63. The Bertz CT molecular complexity index is 640. The zero-order valence-electron chi connectivity index (χ0n) is 11.4. The van der Waals surface area contributed by atoms with Crippen molar-refractivity contribution in [3.05, 3.63) is 63.6 Å². The smallest absolute Gasteiger partial charge is 0.255 e. The van der Waals surface area contributed by atoms with Crippen molar-refractivity contribution >= 4 is 21.8 Å². The van der Waals surface area contributed by atoms with Gasteiger partial charge in [0.05, 0.1) is 5.56 Å². The normalized spacial score (nSPS) is 10.3. The van der Waals surface area contributed by atoms with Crippen molar-refractivity contribution in [3.8, 4) is 5.75 Å². The minimum absolute atomic E-state index is 0.0832. The lowest BCUT2D eigenvalue weighted by atomic mass is 10.1. The van der Waals surface area contributed by atoms with Gasteiger partial charge in [-0.25, -0.2) is 0 Å². The van der Waals surface area contributed by atoms with Crippen LogP contribution in [0.2, 0.25) is 0 Å². The number of carbonyl (C=O) groups is 1. The summed E-state index contributed by atoms with van der Waals surface area (Å²) >= 11 is 3.42. The number of nitrogens with zero attached hydrogens (tertiary/aromatic N) is 1. The first kappa shape index (κ1) is 14.6. The van der Waals surface area contributed by atoms with Gasteiger partial charge in [0.25, 0.3) is 5.91 Å². The molecule has 4 heteroatoms. The summed E-state index contributed by atoms with van der Waals surface area (Å²) in [5.74, 6) is 0.121. The third-order valence-corrected chi connectivity index (χ3v) is 3.76. The fourth-order valence-corrected chi connectivity index (χ4v) is 2.63. The molecule has 20 heavy (non-hydrogen) atoms. The summed E-state index contributed by atoms with van der Waals surface area (Å²) in [7, 11) is 1.72. The lowest BCUT2D eigenvalue weighted by molar-refractivity contribution is 0.0783. The third kappa shape index (κ3) is 3.20. The molecule has 3 nitrogen and oxygen atoms in total. The van der Waals surface area contributed by atoms with E-state index in [0.29, 0.717) is 12.1 Å².